The van der Waals surface area contributed by atoms with Gasteiger partial charge in [0.25, 0.3) is 5.91 Å². The number of carbonyl (C=O) groups excluding carboxylic acids is 2. The van der Waals surface area contributed by atoms with Crippen molar-refractivity contribution in [2.45, 2.75) is 33.6 Å². The van der Waals surface area contributed by atoms with E-state index in [9.17, 15) is 9.59 Å². The molecule has 0 bridgehead atoms. The van der Waals surface area contributed by atoms with Gasteiger partial charge in [-0.1, -0.05) is 32.0 Å². The van der Waals surface area contributed by atoms with E-state index in [0.717, 1.165) is 16.9 Å². The molecule has 0 atom stereocenters. The lowest BCUT2D eigenvalue weighted by Gasteiger charge is -2.23. The number of aromatic nitrogens is 2. The molecular weight excluding hydrogens is 328 g/mol. The number of amides is 2. The molecule has 2 rings (SSSR count). The number of benzene rings is 1. The van der Waals surface area contributed by atoms with E-state index in [-0.39, 0.29) is 24.3 Å². The van der Waals surface area contributed by atoms with Crippen molar-refractivity contribution < 1.29 is 9.59 Å². The van der Waals surface area contributed by atoms with Crippen LogP contribution in [0, 0.1) is 6.92 Å². The van der Waals surface area contributed by atoms with Gasteiger partial charge in [-0.2, -0.15) is 5.10 Å². The highest BCUT2D eigenvalue weighted by Crippen LogP contribution is 2.25. The Morgan fingerprint density at radius 1 is 1.19 bits per heavy atom. The minimum Gasteiger partial charge on any atom is -0.347 e. The molecule has 0 saturated heterocycles. The Morgan fingerprint density at radius 2 is 1.85 bits per heavy atom. The molecular formula is C20H28N4O2. The molecule has 0 aliphatic heterocycles. The smallest absolute Gasteiger partial charge is 0.257 e. The number of carbonyl (C=O) groups is 2. The first-order chi connectivity index (χ1) is 12.3. The summed E-state index contributed by atoms with van der Waals surface area (Å²) >= 11 is 0. The molecule has 26 heavy (non-hydrogen) atoms. The Balaban J connectivity index is 2.45. The Bertz CT molecular complexity index is 793. The lowest BCUT2D eigenvalue weighted by molar-refractivity contribution is -0.129. The molecule has 1 heterocycles. The minimum absolute atomic E-state index is 0.0649. The molecule has 2 amide bonds. The van der Waals surface area contributed by atoms with Gasteiger partial charge in [-0.25, -0.2) is 4.68 Å². The van der Waals surface area contributed by atoms with Crippen LogP contribution in [0.15, 0.2) is 30.5 Å². The van der Waals surface area contributed by atoms with E-state index in [1.807, 2.05) is 56.6 Å². The zero-order valence-corrected chi connectivity index (χ0v) is 16.5. The van der Waals surface area contributed by atoms with Gasteiger partial charge < -0.3 is 9.80 Å². The van der Waals surface area contributed by atoms with Crippen molar-refractivity contribution in [3.8, 4) is 5.69 Å². The average Bonchev–Trinajstić information content (AvgIpc) is 3.04. The molecule has 1 aromatic heterocycles. The summed E-state index contributed by atoms with van der Waals surface area (Å²) in [5, 5.41) is 4.49. The topological polar surface area (TPSA) is 58.4 Å². The summed E-state index contributed by atoms with van der Waals surface area (Å²) < 4.78 is 1.84. The number of rotatable bonds is 6. The maximum atomic E-state index is 13.1. The summed E-state index contributed by atoms with van der Waals surface area (Å²) in [4.78, 5) is 28.2. The predicted octanol–water partition coefficient (Wildman–Crippen LogP) is 2.85. The summed E-state index contributed by atoms with van der Waals surface area (Å²) in [5.41, 5.74) is 3.46. The predicted molar refractivity (Wildman–Crippen MR) is 103 cm³/mol. The van der Waals surface area contributed by atoms with Gasteiger partial charge in [-0.15, -0.1) is 0 Å². The molecule has 0 N–H and O–H groups in total. The second-order valence-electron chi connectivity index (χ2n) is 6.90. The van der Waals surface area contributed by atoms with Gasteiger partial charge in [0.15, 0.2) is 0 Å². The molecule has 6 nitrogen and oxygen atoms in total. The van der Waals surface area contributed by atoms with Crippen molar-refractivity contribution >= 4 is 11.8 Å². The molecule has 1 aromatic carbocycles. The Kier molecular flexibility index (Phi) is 6.18. The lowest BCUT2D eigenvalue weighted by Crippen LogP contribution is -2.40. The fourth-order valence-electron chi connectivity index (χ4n) is 2.87. The van der Waals surface area contributed by atoms with E-state index in [1.54, 1.807) is 25.2 Å². The lowest BCUT2D eigenvalue weighted by atomic mass is 10.0. The van der Waals surface area contributed by atoms with Crippen molar-refractivity contribution in [1.82, 2.24) is 19.6 Å². The first kappa shape index (κ1) is 19.7. The molecule has 0 unspecified atom stereocenters. The normalized spacial score (nSPS) is 10.9. The summed E-state index contributed by atoms with van der Waals surface area (Å²) in [7, 11) is 3.38. The van der Waals surface area contributed by atoms with Crippen molar-refractivity contribution in [3.63, 3.8) is 0 Å². The average molecular weight is 356 g/mol. The van der Waals surface area contributed by atoms with E-state index in [0.29, 0.717) is 12.1 Å². The van der Waals surface area contributed by atoms with Crippen LogP contribution in [-0.2, 0) is 4.79 Å². The fraction of sp³-hybridized carbons (Fsp3) is 0.450. The number of para-hydroxylation sites is 1. The first-order valence-corrected chi connectivity index (χ1v) is 8.91. The molecule has 2 aromatic rings. The van der Waals surface area contributed by atoms with E-state index < -0.39 is 0 Å². The van der Waals surface area contributed by atoms with Crippen LogP contribution in [0.1, 0.15) is 48.3 Å². The number of hydrogen-bond donors (Lipinski definition) is 0. The minimum atomic E-state index is -0.161. The first-order valence-electron chi connectivity index (χ1n) is 8.91. The quantitative estimate of drug-likeness (QED) is 0.800. The van der Waals surface area contributed by atoms with Crippen molar-refractivity contribution in [2.24, 2.45) is 0 Å². The number of nitrogens with zero attached hydrogens (tertiary/aromatic N) is 4. The van der Waals surface area contributed by atoms with Crippen LogP contribution in [0.25, 0.3) is 5.69 Å². The van der Waals surface area contributed by atoms with Crippen LogP contribution in [0.5, 0.6) is 0 Å². The van der Waals surface area contributed by atoms with Crippen LogP contribution in [-0.4, -0.2) is 58.6 Å². The Hall–Kier alpha value is -2.63. The molecule has 0 saturated carbocycles. The summed E-state index contributed by atoms with van der Waals surface area (Å²) in [5.74, 6) is -0.150. The Morgan fingerprint density at radius 3 is 2.38 bits per heavy atom. The molecule has 6 heteroatoms. The standard InChI is InChI=1S/C20H28N4O2/c1-7-23(13-18(25)22(5)6)20(26)16-12-21-24(19(16)14(2)3)17-11-9-8-10-15(17)4/h8-12,14H,7,13H2,1-6H3. The van der Waals surface area contributed by atoms with Crippen LogP contribution in [0.3, 0.4) is 0 Å². The summed E-state index contributed by atoms with van der Waals surface area (Å²) in [6, 6.07) is 7.96. The molecule has 0 spiro atoms. The van der Waals surface area contributed by atoms with Gasteiger partial charge in [-0.3, -0.25) is 9.59 Å². The fourth-order valence-corrected chi connectivity index (χ4v) is 2.87. The summed E-state index contributed by atoms with van der Waals surface area (Å²) in [6.07, 6.45) is 1.62. The maximum absolute atomic E-state index is 13.1. The highest BCUT2D eigenvalue weighted by atomic mass is 16.2. The third-order valence-electron chi connectivity index (χ3n) is 4.42. The second kappa shape index (κ2) is 8.17. The molecule has 0 radical (unpaired) electrons. The van der Waals surface area contributed by atoms with Crippen molar-refractivity contribution in [1.29, 1.82) is 0 Å². The third-order valence-corrected chi connectivity index (χ3v) is 4.42. The molecule has 0 aliphatic rings. The molecule has 0 fully saturated rings. The zero-order chi connectivity index (χ0) is 19.4. The Labute approximate surface area is 155 Å². The van der Waals surface area contributed by atoms with Crippen LogP contribution in [0.4, 0.5) is 0 Å². The number of aryl methyl sites for hydroxylation is 1. The maximum Gasteiger partial charge on any atom is 0.257 e. The number of likely N-dealkylation sites (N-methyl/N-ethyl adjacent to an activating group) is 2. The second-order valence-corrected chi connectivity index (χ2v) is 6.90. The van der Waals surface area contributed by atoms with E-state index in [1.165, 1.54) is 4.90 Å². The van der Waals surface area contributed by atoms with Gasteiger partial charge in [0.2, 0.25) is 5.91 Å². The van der Waals surface area contributed by atoms with Gasteiger partial charge in [0, 0.05) is 20.6 Å². The van der Waals surface area contributed by atoms with Crippen LogP contribution >= 0.6 is 0 Å². The zero-order valence-electron chi connectivity index (χ0n) is 16.5. The SMILES string of the molecule is CCN(CC(=O)N(C)C)C(=O)c1cnn(-c2ccccc2C)c1C(C)C. The van der Waals surface area contributed by atoms with E-state index in [2.05, 4.69) is 5.10 Å². The van der Waals surface area contributed by atoms with E-state index >= 15 is 0 Å². The number of hydrogen-bond acceptors (Lipinski definition) is 3. The van der Waals surface area contributed by atoms with Crippen molar-refractivity contribution in [2.75, 3.05) is 27.2 Å². The highest BCUT2D eigenvalue weighted by molar-refractivity contribution is 5.97. The van der Waals surface area contributed by atoms with Crippen LogP contribution < -0.4 is 0 Å². The largest absolute Gasteiger partial charge is 0.347 e. The van der Waals surface area contributed by atoms with Crippen molar-refractivity contribution in [3.05, 3.63) is 47.3 Å². The monoisotopic (exact) mass is 356 g/mol. The van der Waals surface area contributed by atoms with Gasteiger partial charge >= 0.3 is 0 Å². The highest BCUT2D eigenvalue weighted by Gasteiger charge is 2.26. The van der Waals surface area contributed by atoms with Crippen LogP contribution in [0.2, 0.25) is 0 Å². The van der Waals surface area contributed by atoms with Gasteiger partial charge in [0.1, 0.15) is 0 Å². The summed E-state index contributed by atoms with van der Waals surface area (Å²) in [6.45, 7) is 8.52. The van der Waals surface area contributed by atoms with Gasteiger partial charge in [0.05, 0.1) is 29.7 Å². The van der Waals surface area contributed by atoms with Gasteiger partial charge in [-0.05, 0) is 31.4 Å². The van der Waals surface area contributed by atoms with E-state index in [4.69, 9.17) is 0 Å². The molecule has 140 valence electrons. The third kappa shape index (κ3) is 3.95. The molecule has 0 aliphatic carbocycles.